The van der Waals surface area contributed by atoms with Gasteiger partial charge in [-0.2, -0.15) is 13.2 Å². The lowest BCUT2D eigenvalue weighted by atomic mass is 9.94. The van der Waals surface area contributed by atoms with Gasteiger partial charge in [0.1, 0.15) is 0 Å². The second kappa shape index (κ2) is 5.46. The predicted octanol–water partition coefficient (Wildman–Crippen LogP) is 2.21. The van der Waals surface area contributed by atoms with Crippen molar-refractivity contribution in [3.63, 3.8) is 0 Å². The van der Waals surface area contributed by atoms with Crippen LogP contribution in [0.4, 0.5) is 13.2 Å². The minimum absolute atomic E-state index is 0.00696. The monoisotopic (exact) mass is 291 g/mol. The summed E-state index contributed by atoms with van der Waals surface area (Å²) in [6, 6.07) is 0. The Bertz CT molecular complexity index is 445. The predicted molar refractivity (Wildman–Crippen MR) is 63.8 cm³/mol. The van der Waals surface area contributed by atoms with Gasteiger partial charge >= 0.3 is 12.1 Å². The van der Waals surface area contributed by atoms with Crippen molar-refractivity contribution in [2.24, 2.45) is 11.8 Å². The third-order valence-corrected chi connectivity index (χ3v) is 4.04. The van der Waals surface area contributed by atoms with E-state index in [-0.39, 0.29) is 25.4 Å². The van der Waals surface area contributed by atoms with Crippen LogP contribution in [0.2, 0.25) is 0 Å². The van der Waals surface area contributed by atoms with Crippen LogP contribution in [0.5, 0.6) is 0 Å². The largest absolute Gasteiger partial charge is 0.481 e. The summed E-state index contributed by atoms with van der Waals surface area (Å²) in [5.41, 5.74) is -0.609. The topological polar surface area (TPSA) is 57.6 Å². The normalized spacial score (nSPS) is 27.4. The van der Waals surface area contributed by atoms with E-state index in [4.69, 9.17) is 5.11 Å². The van der Waals surface area contributed by atoms with Gasteiger partial charge in [-0.15, -0.1) is 0 Å². The van der Waals surface area contributed by atoms with Crippen LogP contribution in [0.1, 0.15) is 25.7 Å². The zero-order valence-corrected chi connectivity index (χ0v) is 10.8. The Kier molecular flexibility index (Phi) is 4.06. The van der Waals surface area contributed by atoms with Gasteiger partial charge in [0, 0.05) is 18.7 Å². The second-order valence-corrected chi connectivity index (χ2v) is 5.24. The molecule has 20 heavy (non-hydrogen) atoms. The molecular weight excluding hydrogens is 275 g/mol. The molecule has 2 atom stereocenters. The average molecular weight is 291 g/mol. The molecule has 0 spiro atoms. The third kappa shape index (κ3) is 2.96. The molecule has 112 valence electrons. The van der Waals surface area contributed by atoms with Crippen LogP contribution in [0.15, 0.2) is 11.6 Å². The highest BCUT2D eigenvalue weighted by molar-refractivity contribution is 5.85. The van der Waals surface area contributed by atoms with Crippen LogP contribution in [0, 0.1) is 11.8 Å². The fourth-order valence-corrected chi connectivity index (χ4v) is 2.91. The van der Waals surface area contributed by atoms with Crippen LogP contribution in [-0.4, -0.2) is 41.1 Å². The number of hydrogen-bond acceptors (Lipinski definition) is 2. The lowest BCUT2D eigenvalue weighted by Gasteiger charge is -2.30. The number of carboxylic acid groups (broad SMARTS) is 1. The highest BCUT2D eigenvalue weighted by atomic mass is 19.4. The first-order valence-electron chi connectivity index (χ1n) is 6.58. The van der Waals surface area contributed by atoms with E-state index in [9.17, 15) is 22.8 Å². The number of carboxylic acids is 1. The van der Waals surface area contributed by atoms with E-state index in [2.05, 4.69) is 0 Å². The van der Waals surface area contributed by atoms with Crippen LogP contribution in [-0.2, 0) is 9.59 Å². The van der Waals surface area contributed by atoms with Crippen molar-refractivity contribution in [1.29, 1.82) is 0 Å². The number of halogens is 3. The Balaban J connectivity index is 2.02. The van der Waals surface area contributed by atoms with Gasteiger partial charge in [0.15, 0.2) is 0 Å². The number of hydrogen-bond donors (Lipinski definition) is 1. The van der Waals surface area contributed by atoms with Gasteiger partial charge in [-0.1, -0.05) is 12.5 Å². The molecule has 1 fully saturated rings. The molecule has 2 rings (SSSR count). The Morgan fingerprint density at radius 1 is 1.25 bits per heavy atom. The molecule has 0 aromatic carbocycles. The Labute approximate surface area is 114 Å². The maximum absolute atomic E-state index is 12.5. The molecular formula is C13H16F3NO3. The van der Waals surface area contributed by atoms with E-state index in [0.717, 1.165) is 6.08 Å². The first-order chi connectivity index (χ1) is 9.30. The van der Waals surface area contributed by atoms with Gasteiger partial charge in [0.2, 0.25) is 5.91 Å². The van der Waals surface area contributed by atoms with E-state index in [1.165, 1.54) is 4.90 Å². The molecule has 0 aromatic rings. The van der Waals surface area contributed by atoms with Crippen LogP contribution in [0.3, 0.4) is 0 Å². The molecule has 2 aliphatic rings. The maximum Gasteiger partial charge on any atom is 0.412 e. The molecule has 1 saturated carbocycles. The van der Waals surface area contributed by atoms with E-state index in [1.807, 2.05) is 0 Å². The van der Waals surface area contributed by atoms with Crippen molar-refractivity contribution >= 4 is 11.9 Å². The number of amides is 1. The molecule has 0 radical (unpaired) electrons. The van der Waals surface area contributed by atoms with Crippen molar-refractivity contribution in [3.05, 3.63) is 11.6 Å². The summed E-state index contributed by atoms with van der Waals surface area (Å²) in [5, 5.41) is 9.05. The summed E-state index contributed by atoms with van der Waals surface area (Å²) >= 11 is 0. The van der Waals surface area contributed by atoms with Gasteiger partial charge in [0.05, 0.1) is 11.8 Å². The fourth-order valence-electron chi connectivity index (χ4n) is 2.91. The summed E-state index contributed by atoms with van der Waals surface area (Å²) in [5.74, 6) is -2.61. The van der Waals surface area contributed by atoms with Crippen molar-refractivity contribution in [1.82, 2.24) is 4.90 Å². The minimum atomic E-state index is -4.34. The van der Waals surface area contributed by atoms with Gasteiger partial charge < -0.3 is 10.0 Å². The van der Waals surface area contributed by atoms with E-state index >= 15 is 0 Å². The van der Waals surface area contributed by atoms with Crippen molar-refractivity contribution in [3.8, 4) is 0 Å². The van der Waals surface area contributed by atoms with Gasteiger partial charge in [-0.25, -0.2) is 0 Å². The van der Waals surface area contributed by atoms with E-state index in [0.29, 0.717) is 19.3 Å². The molecule has 1 aliphatic carbocycles. The first kappa shape index (κ1) is 14.9. The lowest BCUT2D eigenvalue weighted by molar-refractivity contribution is -0.149. The van der Waals surface area contributed by atoms with Crippen molar-refractivity contribution in [2.45, 2.75) is 31.9 Å². The molecule has 0 saturated heterocycles. The second-order valence-electron chi connectivity index (χ2n) is 5.24. The highest BCUT2D eigenvalue weighted by Gasteiger charge is 2.41. The number of carbonyl (C=O) groups is 2. The highest BCUT2D eigenvalue weighted by Crippen LogP contribution is 2.35. The summed E-state index contributed by atoms with van der Waals surface area (Å²) in [6.07, 6.45) is -1.91. The lowest BCUT2D eigenvalue weighted by Crippen LogP contribution is -2.42. The zero-order chi connectivity index (χ0) is 14.9. The molecule has 1 amide bonds. The minimum Gasteiger partial charge on any atom is -0.481 e. The van der Waals surface area contributed by atoms with Crippen LogP contribution < -0.4 is 0 Å². The third-order valence-electron chi connectivity index (χ3n) is 4.04. The Morgan fingerprint density at radius 3 is 2.40 bits per heavy atom. The van der Waals surface area contributed by atoms with Crippen molar-refractivity contribution in [2.75, 3.05) is 13.1 Å². The maximum atomic E-state index is 12.5. The SMILES string of the molecule is O=C(O)C1CCCC1C(=O)N1CC=C(C(F)(F)F)CC1. The number of rotatable bonds is 2. The van der Waals surface area contributed by atoms with E-state index < -0.39 is 29.6 Å². The fraction of sp³-hybridized carbons (Fsp3) is 0.692. The van der Waals surface area contributed by atoms with Gasteiger partial charge in [-0.05, 0) is 19.3 Å². The Hall–Kier alpha value is -1.53. The standard InChI is InChI=1S/C13H16F3NO3/c14-13(15,16)8-4-6-17(7-5-8)11(18)9-2-1-3-10(9)12(19)20/h4,9-10H,1-3,5-7H2,(H,19,20). The van der Waals surface area contributed by atoms with Crippen LogP contribution >= 0.6 is 0 Å². The smallest absolute Gasteiger partial charge is 0.412 e. The van der Waals surface area contributed by atoms with E-state index in [1.54, 1.807) is 0 Å². The van der Waals surface area contributed by atoms with Gasteiger partial charge in [-0.3, -0.25) is 9.59 Å². The quantitative estimate of drug-likeness (QED) is 0.794. The first-order valence-corrected chi connectivity index (χ1v) is 6.58. The summed E-state index contributed by atoms with van der Waals surface area (Å²) < 4.78 is 37.5. The summed E-state index contributed by atoms with van der Waals surface area (Å²) in [7, 11) is 0. The summed E-state index contributed by atoms with van der Waals surface area (Å²) in [6.45, 7) is -0.0798. The Morgan fingerprint density at radius 2 is 1.90 bits per heavy atom. The molecule has 1 heterocycles. The number of alkyl halides is 3. The molecule has 7 heteroatoms. The number of aliphatic carboxylic acids is 1. The van der Waals surface area contributed by atoms with Crippen LogP contribution in [0.25, 0.3) is 0 Å². The molecule has 4 nitrogen and oxygen atoms in total. The summed E-state index contributed by atoms with van der Waals surface area (Å²) in [4.78, 5) is 24.6. The number of nitrogens with zero attached hydrogens (tertiary/aromatic N) is 1. The average Bonchev–Trinajstić information content (AvgIpc) is 2.86. The molecule has 0 aromatic heterocycles. The molecule has 2 unspecified atom stereocenters. The molecule has 0 bridgehead atoms. The zero-order valence-electron chi connectivity index (χ0n) is 10.8. The van der Waals surface area contributed by atoms with Crippen molar-refractivity contribution < 1.29 is 27.9 Å². The molecule has 1 N–H and O–H groups in total. The number of carbonyl (C=O) groups excluding carboxylic acids is 1. The molecule has 1 aliphatic heterocycles. The van der Waals surface area contributed by atoms with Gasteiger partial charge in [0.25, 0.3) is 0 Å².